The van der Waals surface area contributed by atoms with Crippen LogP contribution in [0.2, 0.25) is 0 Å². The van der Waals surface area contributed by atoms with Gasteiger partial charge in [0.25, 0.3) is 0 Å². The molecule has 0 spiro atoms. The van der Waals surface area contributed by atoms with E-state index in [1.54, 1.807) is 7.05 Å². The average Bonchev–Trinajstić information content (AvgIpc) is 3.22. The van der Waals surface area contributed by atoms with Crippen LogP contribution in [0.3, 0.4) is 0 Å². The number of nitrogens with zero attached hydrogens (tertiary/aromatic N) is 2. The Kier molecular flexibility index (Phi) is 7.12. The number of nitrogens with one attached hydrogen (secondary N) is 1. The minimum atomic E-state index is 0. The molecule has 0 unspecified atom stereocenters. The van der Waals surface area contributed by atoms with Crippen LogP contribution in [0.5, 0.6) is 5.75 Å². The van der Waals surface area contributed by atoms with Crippen LogP contribution >= 0.6 is 24.0 Å². The van der Waals surface area contributed by atoms with Gasteiger partial charge >= 0.3 is 0 Å². The van der Waals surface area contributed by atoms with Gasteiger partial charge in [-0.1, -0.05) is 18.2 Å². The predicted molar refractivity (Wildman–Crippen MR) is 94.0 cm³/mol. The average molecular weight is 389 g/mol. The Morgan fingerprint density at radius 1 is 1.35 bits per heavy atom. The van der Waals surface area contributed by atoms with Crippen molar-refractivity contribution in [3.05, 3.63) is 29.8 Å². The molecule has 1 aliphatic carbocycles. The summed E-state index contributed by atoms with van der Waals surface area (Å²) in [5.74, 6) is 2.63. The second kappa shape index (κ2) is 8.34. The fourth-order valence-corrected chi connectivity index (χ4v) is 1.89. The number of aliphatic imine (C=N–C) groups is 1. The summed E-state index contributed by atoms with van der Waals surface area (Å²) < 4.78 is 5.89. The fourth-order valence-electron chi connectivity index (χ4n) is 1.89. The van der Waals surface area contributed by atoms with E-state index in [4.69, 9.17) is 4.74 Å². The van der Waals surface area contributed by atoms with Crippen LogP contribution in [0.25, 0.3) is 0 Å². The van der Waals surface area contributed by atoms with E-state index in [1.165, 1.54) is 18.4 Å². The smallest absolute Gasteiger partial charge is 0.193 e. The number of hydrogen-bond acceptors (Lipinski definition) is 2. The standard InChI is InChI=1S/C15H23N3O.HI/c1-16-15(18(2)3)17-10-13-6-4-5-7-14(13)19-11-12-8-9-12;/h4-7,12H,8-11H2,1-3H3,(H,16,17);1H. The molecule has 0 bridgehead atoms. The van der Waals surface area contributed by atoms with Crippen LogP contribution in [-0.2, 0) is 6.54 Å². The molecule has 0 atom stereocenters. The zero-order valence-corrected chi connectivity index (χ0v) is 14.8. The molecule has 1 aliphatic rings. The van der Waals surface area contributed by atoms with Gasteiger partial charge in [-0.25, -0.2) is 0 Å². The molecule has 0 amide bonds. The first-order valence-electron chi connectivity index (χ1n) is 6.79. The summed E-state index contributed by atoms with van der Waals surface area (Å²) in [7, 11) is 5.74. The highest BCUT2D eigenvalue weighted by molar-refractivity contribution is 14.0. The van der Waals surface area contributed by atoms with Gasteiger partial charge in [-0.2, -0.15) is 0 Å². The number of halogens is 1. The first kappa shape index (κ1) is 17.1. The highest BCUT2D eigenvalue weighted by Gasteiger charge is 2.22. The molecule has 1 N–H and O–H groups in total. The number of benzene rings is 1. The number of para-hydroxylation sites is 1. The topological polar surface area (TPSA) is 36.9 Å². The molecular formula is C15H24IN3O. The number of ether oxygens (including phenoxy) is 1. The predicted octanol–water partition coefficient (Wildman–Crippen LogP) is 2.73. The summed E-state index contributed by atoms with van der Waals surface area (Å²) >= 11 is 0. The molecule has 112 valence electrons. The maximum atomic E-state index is 5.89. The lowest BCUT2D eigenvalue weighted by molar-refractivity contribution is 0.296. The van der Waals surface area contributed by atoms with E-state index in [-0.39, 0.29) is 24.0 Å². The highest BCUT2D eigenvalue weighted by Crippen LogP contribution is 2.30. The van der Waals surface area contributed by atoms with Crippen molar-refractivity contribution in [2.45, 2.75) is 19.4 Å². The molecule has 4 nitrogen and oxygen atoms in total. The van der Waals surface area contributed by atoms with E-state index in [9.17, 15) is 0 Å². The van der Waals surface area contributed by atoms with E-state index in [2.05, 4.69) is 16.4 Å². The van der Waals surface area contributed by atoms with Gasteiger partial charge in [0.1, 0.15) is 5.75 Å². The molecule has 1 aromatic carbocycles. The van der Waals surface area contributed by atoms with Crippen molar-refractivity contribution in [1.82, 2.24) is 10.2 Å². The lowest BCUT2D eigenvalue weighted by Crippen LogP contribution is -2.35. The van der Waals surface area contributed by atoms with Gasteiger partial charge in [-0.3, -0.25) is 4.99 Å². The molecule has 5 heteroatoms. The van der Waals surface area contributed by atoms with Crippen LogP contribution in [0.15, 0.2) is 29.3 Å². The Morgan fingerprint density at radius 2 is 2.05 bits per heavy atom. The first-order valence-corrected chi connectivity index (χ1v) is 6.79. The Balaban J connectivity index is 0.00000200. The van der Waals surface area contributed by atoms with Crippen LogP contribution in [0, 0.1) is 5.92 Å². The van der Waals surface area contributed by atoms with Crippen LogP contribution in [0.1, 0.15) is 18.4 Å². The van der Waals surface area contributed by atoms with Gasteiger partial charge in [0, 0.05) is 33.3 Å². The molecular weight excluding hydrogens is 365 g/mol. The third-order valence-corrected chi connectivity index (χ3v) is 3.22. The summed E-state index contributed by atoms with van der Waals surface area (Å²) in [5.41, 5.74) is 1.17. The first-order chi connectivity index (χ1) is 9.20. The van der Waals surface area contributed by atoms with E-state index in [0.717, 1.165) is 30.8 Å². The van der Waals surface area contributed by atoms with Gasteiger partial charge in [0.05, 0.1) is 6.61 Å². The minimum Gasteiger partial charge on any atom is -0.493 e. The Hall–Kier alpha value is -0.980. The van der Waals surface area contributed by atoms with Crippen molar-refractivity contribution >= 4 is 29.9 Å². The van der Waals surface area contributed by atoms with E-state index in [0.29, 0.717) is 0 Å². The zero-order valence-electron chi connectivity index (χ0n) is 12.4. The second-order valence-corrected chi connectivity index (χ2v) is 5.16. The quantitative estimate of drug-likeness (QED) is 0.478. The molecule has 1 fully saturated rings. The normalized spacial score (nSPS) is 14.4. The van der Waals surface area contributed by atoms with Crippen molar-refractivity contribution < 1.29 is 4.74 Å². The summed E-state index contributed by atoms with van der Waals surface area (Å²) in [6.07, 6.45) is 2.63. The van der Waals surface area contributed by atoms with Crippen LogP contribution in [-0.4, -0.2) is 38.6 Å². The lowest BCUT2D eigenvalue weighted by Gasteiger charge is -2.18. The maximum absolute atomic E-state index is 5.89. The van der Waals surface area contributed by atoms with Gasteiger partial charge in [-0.15, -0.1) is 24.0 Å². The molecule has 1 saturated carbocycles. The molecule has 1 aromatic rings. The summed E-state index contributed by atoms with van der Waals surface area (Å²) in [6.45, 7) is 1.57. The molecule has 0 aromatic heterocycles. The monoisotopic (exact) mass is 389 g/mol. The van der Waals surface area contributed by atoms with E-state index in [1.807, 2.05) is 37.2 Å². The third-order valence-electron chi connectivity index (χ3n) is 3.22. The van der Waals surface area contributed by atoms with Crippen molar-refractivity contribution in [3.8, 4) is 5.75 Å². The Labute approximate surface area is 138 Å². The van der Waals surface area contributed by atoms with Crippen molar-refractivity contribution in [2.24, 2.45) is 10.9 Å². The van der Waals surface area contributed by atoms with Crippen molar-refractivity contribution in [3.63, 3.8) is 0 Å². The van der Waals surface area contributed by atoms with E-state index < -0.39 is 0 Å². The number of hydrogen-bond donors (Lipinski definition) is 1. The second-order valence-electron chi connectivity index (χ2n) is 5.16. The van der Waals surface area contributed by atoms with E-state index >= 15 is 0 Å². The molecule has 20 heavy (non-hydrogen) atoms. The number of rotatable bonds is 5. The Bertz CT molecular complexity index is 444. The largest absolute Gasteiger partial charge is 0.493 e. The summed E-state index contributed by atoms with van der Waals surface area (Å²) in [6, 6.07) is 8.20. The fraction of sp³-hybridized carbons (Fsp3) is 0.533. The highest BCUT2D eigenvalue weighted by atomic mass is 127. The zero-order chi connectivity index (χ0) is 13.7. The van der Waals surface area contributed by atoms with Gasteiger partial charge in [0.15, 0.2) is 5.96 Å². The maximum Gasteiger partial charge on any atom is 0.193 e. The Morgan fingerprint density at radius 3 is 2.65 bits per heavy atom. The SMILES string of the molecule is CN=C(NCc1ccccc1OCC1CC1)N(C)C.I. The molecule has 0 radical (unpaired) electrons. The molecule has 0 heterocycles. The summed E-state index contributed by atoms with van der Waals surface area (Å²) in [4.78, 5) is 6.17. The third kappa shape index (κ3) is 5.19. The molecule has 0 aliphatic heterocycles. The lowest BCUT2D eigenvalue weighted by atomic mass is 10.2. The minimum absolute atomic E-state index is 0. The van der Waals surface area contributed by atoms with Crippen molar-refractivity contribution in [2.75, 3.05) is 27.7 Å². The molecule has 2 rings (SSSR count). The van der Waals surface area contributed by atoms with Gasteiger partial charge in [-0.05, 0) is 24.8 Å². The van der Waals surface area contributed by atoms with Gasteiger partial charge < -0.3 is 15.0 Å². The van der Waals surface area contributed by atoms with Crippen LogP contribution in [0.4, 0.5) is 0 Å². The number of guanidine groups is 1. The van der Waals surface area contributed by atoms with Gasteiger partial charge in [0.2, 0.25) is 0 Å². The summed E-state index contributed by atoms with van der Waals surface area (Å²) in [5, 5.41) is 3.32. The van der Waals surface area contributed by atoms with Crippen molar-refractivity contribution in [1.29, 1.82) is 0 Å². The molecule has 0 saturated heterocycles. The van der Waals surface area contributed by atoms with Crippen LogP contribution < -0.4 is 10.1 Å².